The molecule has 0 aliphatic carbocycles. The summed E-state index contributed by atoms with van der Waals surface area (Å²) in [5.41, 5.74) is 1.85. The van der Waals surface area contributed by atoms with Crippen molar-refractivity contribution in [1.82, 2.24) is 20.2 Å². The normalized spacial score (nSPS) is 19.6. The second-order valence-corrected chi connectivity index (χ2v) is 7.44. The van der Waals surface area contributed by atoms with Crippen molar-refractivity contribution in [1.29, 1.82) is 0 Å². The van der Waals surface area contributed by atoms with Gasteiger partial charge in [0, 0.05) is 18.5 Å². The minimum absolute atomic E-state index is 0.119. The van der Waals surface area contributed by atoms with Crippen LogP contribution in [0.4, 0.5) is 5.95 Å². The summed E-state index contributed by atoms with van der Waals surface area (Å²) in [6.07, 6.45) is 2.72. The Morgan fingerprint density at radius 2 is 2.00 bits per heavy atom. The van der Waals surface area contributed by atoms with Crippen LogP contribution in [-0.4, -0.2) is 52.1 Å². The first-order valence-corrected chi connectivity index (χ1v) is 9.56. The van der Waals surface area contributed by atoms with E-state index < -0.39 is 0 Å². The topological polar surface area (TPSA) is 76.3 Å². The Morgan fingerprint density at radius 3 is 2.79 bits per heavy atom. The Kier molecular flexibility index (Phi) is 5.25. The number of piperidine rings is 1. The lowest BCUT2D eigenvalue weighted by Crippen LogP contribution is -2.47. The maximum absolute atomic E-state index is 10.3. The number of methoxy groups -OCH3 is 1. The van der Waals surface area contributed by atoms with E-state index in [0.29, 0.717) is 6.54 Å². The zero-order valence-electron chi connectivity index (χ0n) is 16.0. The molecule has 146 valence electrons. The molecule has 3 aromatic rings. The van der Waals surface area contributed by atoms with Crippen LogP contribution >= 0.6 is 0 Å². The predicted molar refractivity (Wildman–Crippen MR) is 107 cm³/mol. The van der Waals surface area contributed by atoms with E-state index in [9.17, 15) is 5.11 Å². The molecule has 1 aliphatic heterocycles. The van der Waals surface area contributed by atoms with E-state index in [-0.39, 0.29) is 12.0 Å². The number of benzene rings is 2. The lowest BCUT2D eigenvalue weighted by Gasteiger charge is -2.42. The van der Waals surface area contributed by atoms with Crippen LogP contribution < -0.4 is 9.64 Å². The van der Waals surface area contributed by atoms with Gasteiger partial charge in [0.05, 0.1) is 19.4 Å². The quantitative estimate of drug-likeness (QED) is 0.709. The van der Waals surface area contributed by atoms with E-state index in [1.54, 1.807) is 11.8 Å². The number of rotatable bonds is 6. The van der Waals surface area contributed by atoms with Gasteiger partial charge in [-0.25, -0.2) is 0 Å². The highest BCUT2D eigenvalue weighted by atomic mass is 16.5. The molecule has 7 heteroatoms. The van der Waals surface area contributed by atoms with Gasteiger partial charge in [-0.05, 0) is 59.5 Å². The second-order valence-electron chi connectivity index (χ2n) is 7.44. The Hall–Kier alpha value is -2.93. The van der Waals surface area contributed by atoms with Crippen molar-refractivity contribution in [3.63, 3.8) is 0 Å². The van der Waals surface area contributed by atoms with Crippen molar-refractivity contribution in [2.24, 2.45) is 5.41 Å². The van der Waals surface area contributed by atoms with Crippen LogP contribution in [-0.2, 0) is 6.42 Å². The number of para-hydroxylation sites is 1. The maximum Gasteiger partial charge on any atom is 0.250 e. The lowest BCUT2D eigenvalue weighted by molar-refractivity contribution is 0.105. The standard InChI is InChI=1S/C21H25N5O2/c1-28-19-10-5-7-17(13-19)14-21(16-27)11-6-12-25(15-21)20-22-23-24-26(20)18-8-3-2-4-9-18/h2-5,7-10,13,27H,6,11-12,14-16H2,1H3/t21-/m1/s1. The molecular formula is C21H25N5O2. The molecule has 7 nitrogen and oxygen atoms in total. The highest BCUT2D eigenvalue weighted by Gasteiger charge is 2.37. The van der Waals surface area contributed by atoms with Gasteiger partial charge in [0.2, 0.25) is 5.95 Å². The summed E-state index contributed by atoms with van der Waals surface area (Å²) in [6, 6.07) is 18.0. The number of aliphatic hydroxyl groups excluding tert-OH is 1. The van der Waals surface area contributed by atoms with Crippen molar-refractivity contribution < 1.29 is 9.84 Å². The smallest absolute Gasteiger partial charge is 0.250 e. The molecule has 0 unspecified atom stereocenters. The average Bonchev–Trinajstić information content (AvgIpc) is 3.25. The van der Waals surface area contributed by atoms with Crippen LogP contribution in [0.3, 0.4) is 0 Å². The molecule has 28 heavy (non-hydrogen) atoms. The summed E-state index contributed by atoms with van der Waals surface area (Å²) in [4.78, 5) is 2.19. The first-order chi connectivity index (χ1) is 13.7. The fraction of sp³-hybridized carbons (Fsp3) is 0.381. The summed E-state index contributed by atoms with van der Waals surface area (Å²) in [5.74, 6) is 1.56. The Balaban J connectivity index is 1.59. The van der Waals surface area contributed by atoms with Crippen LogP contribution in [0, 0.1) is 5.41 Å². The molecule has 0 bridgehead atoms. The zero-order valence-corrected chi connectivity index (χ0v) is 16.0. The summed E-state index contributed by atoms with van der Waals surface area (Å²) >= 11 is 0. The third kappa shape index (κ3) is 3.71. The molecule has 2 aromatic carbocycles. The molecule has 0 spiro atoms. The molecule has 4 rings (SSSR count). The van der Waals surface area contributed by atoms with E-state index in [0.717, 1.165) is 48.8 Å². The van der Waals surface area contributed by atoms with Crippen LogP contribution in [0.25, 0.3) is 5.69 Å². The molecule has 1 aliphatic rings. The molecule has 1 saturated heterocycles. The fourth-order valence-corrected chi connectivity index (χ4v) is 4.04. The number of hydrogen-bond acceptors (Lipinski definition) is 6. The molecule has 1 atom stereocenters. The number of anilines is 1. The summed E-state index contributed by atoms with van der Waals surface area (Å²) in [7, 11) is 1.67. The van der Waals surface area contributed by atoms with Crippen LogP contribution in [0.1, 0.15) is 18.4 Å². The van der Waals surface area contributed by atoms with Gasteiger partial charge in [0.15, 0.2) is 0 Å². The van der Waals surface area contributed by atoms with Crippen molar-refractivity contribution in [3.8, 4) is 11.4 Å². The second kappa shape index (κ2) is 7.98. The Morgan fingerprint density at radius 1 is 1.14 bits per heavy atom. The van der Waals surface area contributed by atoms with Crippen molar-refractivity contribution in [2.75, 3.05) is 31.7 Å². The van der Waals surface area contributed by atoms with Gasteiger partial charge >= 0.3 is 0 Å². The SMILES string of the molecule is COc1cccc(C[C@]2(CO)CCCN(c3nnnn3-c3ccccc3)C2)c1. The number of ether oxygens (including phenoxy) is 1. The molecule has 2 heterocycles. The van der Waals surface area contributed by atoms with Gasteiger partial charge < -0.3 is 14.7 Å². The fourth-order valence-electron chi connectivity index (χ4n) is 4.04. The van der Waals surface area contributed by atoms with E-state index in [1.807, 2.05) is 48.5 Å². The summed E-state index contributed by atoms with van der Waals surface area (Å²) in [5, 5.41) is 22.7. The third-order valence-corrected chi connectivity index (χ3v) is 5.45. The van der Waals surface area contributed by atoms with Crippen LogP contribution in [0.15, 0.2) is 54.6 Å². The largest absolute Gasteiger partial charge is 0.497 e. The Bertz CT molecular complexity index is 914. The highest BCUT2D eigenvalue weighted by Crippen LogP contribution is 2.35. The van der Waals surface area contributed by atoms with Gasteiger partial charge in [-0.2, -0.15) is 4.68 Å². The monoisotopic (exact) mass is 379 g/mol. The lowest BCUT2D eigenvalue weighted by atomic mass is 9.76. The minimum Gasteiger partial charge on any atom is -0.497 e. The van der Waals surface area contributed by atoms with Gasteiger partial charge in [-0.15, -0.1) is 0 Å². The van der Waals surface area contributed by atoms with E-state index in [2.05, 4.69) is 26.5 Å². The van der Waals surface area contributed by atoms with Crippen molar-refractivity contribution in [2.45, 2.75) is 19.3 Å². The molecular weight excluding hydrogens is 354 g/mol. The van der Waals surface area contributed by atoms with Crippen molar-refractivity contribution in [3.05, 3.63) is 60.2 Å². The number of hydrogen-bond donors (Lipinski definition) is 1. The number of aromatic nitrogens is 4. The first kappa shape index (κ1) is 18.4. The predicted octanol–water partition coefficient (Wildman–Crippen LogP) is 2.49. The highest BCUT2D eigenvalue weighted by molar-refractivity contribution is 5.41. The van der Waals surface area contributed by atoms with Gasteiger partial charge in [-0.3, -0.25) is 0 Å². The molecule has 1 aromatic heterocycles. The summed E-state index contributed by atoms with van der Waals surface area (Å²) in [6.45, 7) is 1.69. The summed E-state index contributed by atoms with van der Waals surface area (Å²) < 4.78 is 7.12. The third-order valence-electron chi connectivity index (χ3n) is 5.45. The maximum atomic E-state index is 10.3. The first-order valence-electron chi connectivity index (χ1n) is 9.56. The van der Waals surface area contributed by atoms with E-state index in [4.69, 9.17) is 4.74 Å². The number of aliphatic hydroxyl groups is 1. The van der Waals surface area contributed by atoms with Gasteiger partial charge in [0.1, 0.15) is 5.75 Å². The molecule has 1 fully saturated rings. The molecule has 0 amide bonds. The zero-order chi connectivity index (χ0) is 19.4. The molecule has 0 saturated carbocycles. The van der Waals surface area contributed by atoms with E-state index in [1.165, 1.54) is 0 Å². The van der Waals surface area contributed by atoms with Crippen LogP contribution in [0.2, 0.25) is 0 Å². The number of tetrazole rings is 1. The van der Waals surface area contributed by atoms with Crippen LogP contribution in [0.5, 0.6) is 5.75 Å². The van der Waals surface area contributed by atoms with Crippen molar-refractivity contribution >= 4 is 5.95 Å². The van der Waals surface area contributed by atoms with Gasteiger partial charge in [0.25, 0.3) is 0 Å². The molecule has 1 N–H and O–H groups in total. The Labute approximate surface area is 164 Å². The number of nitrogens with zero attached hydrogens (tertiary/aromatic N) is 5. The minimum atomic E-state index is -0.238. The molecule has 0 radical (unpaired) electrons. The van der Waals surface area contributed by atoms with E-state index >= 15 is 0 Å². The van der Waals surface area contributed by atoms with Gasteiger partial charge in [-0.1, -0.05) is 35.4 Å². The average molecular weight is 379 g/mol.